The number of nitrogens with one attached hydrogen (secondary N) is 2. The smallest absolute Gasteiger partial charge is 0.310 e. The molecule has 0 aliphatic carbocycles. The van der Waals surface area contributed by atoms with Crippen molar-refractivity contribution in [2.24, 2.45) is 11.8 Å². The highest BCUT2D eigenvalue weighted by atomic mass is 16.5. The van der Waals surface area contributed by atoms with Gasteiger partial charge in [0.25, 0.3) is 5.91 Å². The molecule has 0 unspecified atom stereocenters. The molecule has 1 fully saturated rings. The van der Waals surface area contributed by atoms with Crippen LogP contribution in [0, 0.1) is 11.8 Å². The average Bonchev–Trinajstić information content (AvgIpc) is 2.85. The molecule has 1 amide bonds. The number of piperidine rings is 1. The van der Waals surface area contributed by atoms with Crippen LogP contribution < -0.4 is 10.6 Å². The fraction of sp³-hybridized carbons (Fsp3) is 0.577. The van der Waals surface area contributed by atoms with E-state index in [4.69, 9.17) is 9.72 Å². The summed E-state index contributed by atoms with van der Waals surface area (Å²) in [6.07, 6.45) is 5.69. The zero-order valence-electron chi connectivity index (χ0n) is 21.7. The molecular weight excluding hydrogens is 444 g/mol. The van der Waals surface area contributed by atoms with Crippen LogP contribution in [0.5, 0.6) is 0 Å². The van der Waals surface area contributed by atoms with Crippen LogP contribution in [0.2, 0.25) is 0 Å². The molecule has 35 heavy (non-hydrogen) atoms. The Morgan fingerprint density at radius 2 is 2.03 bits per heavy atom. The first kappa shape index (κ1) is 26.5. The second-order valence-electron chi connectivity index (χ2n) is 10.5. The van der Waals surface area contributed by atoms with E-state index in [0.29, 0.717) is 49.8 Å². The van der Waals surface area contributed by atoms with Crippen molar-refractivity contribution in [1.82, 2.24) is 25.2 Å². The zero-order valence-corrected chi connectivity index (χ0v) is 21.7. The molecule has 1 saturated heterocycles. The molecule has 1 aliphatic rings. The second kappa shape index (κ2) is 11.6. The topological polar surface area (TPSA) is 109 Å². The average molecular weight is 483 g/mol. The van der Waals surface area contributed by atoms with Crippen molar-refractivity contribution in [3.05, 3.63) is 47.7 Å². The van der Waals surface area contributed by atoms with Gasteiger partial charge in [0.2, 0.25) is 0 Å². The lowest BCUT2D eigenvalue weighted by molar-refractivity contribution is -0.146. The van der Waals surface area contributed by atoms with Gasteiger partial charge >= 0.3 is 5.97 Å². The van der Waals surface area contributed by atoms with Gasteiger partial charge < -0.3 is 20.3 Å². The third-order valence-corrected chi connectivity index (χ3v) is 6.00. The van der Waals surface area contributed by atoms with Gasteiger partial charge in [-0.2, -0.15) is 0 Å². The van der Waals surface area contributed by atoms with Gasteiger partial charge in [-0.05, 0) is 24.0 Å². The van der Waals surface area contributed by atoms with Crippen molar-refractivity contribution in [3.8, 4) is 0 Å². The number of carbonyl (C=O) groups excluding carboxylic acids is 2. The summed E-state index contributed by atoms with van der Waals surface area (Å²) < 4.78 is 4.96. The number of rotatable bonds is 8. The van der Waals surface area contributed by atoms with E-state index in [0.717, 1.165) is 5.56 Å². The predicted octanol–water partition coefficient (Wildman–Crippen LogP) is 3.03. The molecule has 0 bridgehead atoms. The molecule has 0 saturated carbocycles. The van der Waals surface area contributed by atoms with E-state index in [1.807, 2.05) is 37.8 Å². The van der Waals surface area contributed by atoms with Crippen LogP contribution in [0.3, 0.4) is 0 Å². The number of hydrogen-bond donors (Lipinski definition) is 2. The monoisotopic (exact) mass is 482 g/mol. The van der Waals surface area contributed by atoms with Crippen LogP contribution >= 0.6 is 0 Å². The molecule has 190 valence electrons. The molecule has 9 nitrogen and oxygen atoms in total. The van der Waals surface area contributed by atoms with Crippen LogP contribution in [0.15, 0.2) is 30.7 Å². The summed E-state index contributed by atoms with van der Waals surface area (Å²) in [4.78, 5) is 41.5. The van der Waals surface area contributed by atoms with Gasteiger partial charge in [-0.3, -0.25) is 14.6 Å². The minimum atomic E-state index is -0.288. The molecule has 9 heteroatoms. The quantitative estimate of drug-likeness (QED) is 0.553. The molecule has 2 atom stereocenters. The van der Waals surface area contributed by atoms with Gasteiger partial charge in [-0.25, -0.2) is 9.97 Å². The summed E-state index contributed by atoms with van der Waals surface area (Å²) in [6.45, 7) is 12.5. The van der Waals surface area contributed by atoms with E-state index in [1.54, 1.807) is 18.6 Å². The molecule has 3 rings (SSSR count). The number of pyridine rings is 1. The molecule has 3 heterocycles. The van der Waals surface area contributed by atoms with E-state index in [1.165, 1.54) is 7.11 Å². The van der Waals surface area contributed by atoms with Crippen LogP contribution in [0.4, 0.5) is 5.82 Å². The van der Waals surface area contributed by atoms with Crippen LogP contribution in [0.1, 0.15) is 62.8 Å². The summed E-state index contributed by atoms with van der Waals surface area (Å²) >= 11 is 0. The predicted molar refractivity (Wildman–Crippen MR) is 135 cm³/mol. The van der Waals surface area contributed by atoms with E-state index in [2.05, 4.69) is 34.4 Å². The number of hydrogen-bond acceptors (Lipinski definition) is 8. The molecule has 0 radical (unpaired) electrons. The summed E-state index contributed by atoms with van der Waals surface area (Å²) in [7, 11) is 1.40. The summed E-state index contributed by atoms with van der Waals surface area (Å²) in [5, 5.41) is 6.64. The molecular formula is C26H38N6O3. The maximum absolute atomic E-state index is 14.0. The van der Waals surface area contributed by atoms with E-state index >= 15 is 0 Å². The van der Waals surface area contributed by atoms with E-state index in [9.17, 15) is 9.59 Å². The van der Waals surface area contributed by atoms with Gasteiger partial charge in [-0.1, -0.05) is 40.7 Å². The lowest BCUT2D eigenvalue weighted by Crippen LogP contribution is -2.53. The third kappa shape index (κ3) is 6.97. The highest BCUT2D eigenvalue weighted by Gasteiger charge is 2.35. The van der Waals surface area contributed by atoms with E-state index < -0.39 is 0 Å². The minimum Gasteiger partial charge on any atom is -0.469 e. The normalized spacial score (nSPS) is 18.3. The SMILES string of the molecule is COC(=O)[C@@H]1CNC[C@H](N(CC(C)C)C(=O)c2cnc(C(C)(C)C)nc2NCc2cccnc2)C1. The minimum absolute atomic E-state index is 0.142. The molecule has 2 aromatic rings. The van der Waals surface area contributed by atoms with Gasteiger partial charge in [0.1, 0.15) is 17.2 Å². The summed E-state index contributed by atoms with van der Waals surface area (Å²) in [5.74, 6) is 0.716. The summed E-state index contributed by atoms with van der Waals surface area (Å²) in [5.41, 5.74) is 1.13. The Kier molecular flexibility index (Phi) is 8.77. The largest absolute Gasteiger partial charge is 0.469 e. The maximum atomic E-state index is 14.0. The summed E-state index contributed by atoms with van der Waals surface area (Å²) in [6, 6.07) is 3.71. The van der Waals surface area contributed by atoms with Crippen molar-refractivity contribution >= 4 is 17.7 Å². The number of anilines is 1. The molecule has 1 aliphatic heterocycles. The fourth-order valence-electron chi connectivity index (χ4n) is 4.17. The van der Waals surface area contributed by atoms with Gasteiger partial charge in [0.15, 0.2) is 0 Å². The fourth-order valence-corrected chi connectivity index (χ4v) is 4.17. The van der Waals surface area contributed by atoms with Gasteiger partial charge in [-0.15, -0.1) is 0 Å². The van der Waals surface area contributed by atoms with Gasteiger partial charge in [0, 0.05) is 56.2 Å². The number of amides is 1. The van der Waals surface area contributed by atoms with Crippen LogP contribution in [0.25, 0.3) is 0 Å². The second-order valence-corrected chi connectivity index (χ2v) is 10.5. The third-order valence-electron chi connectivity index (χ3n) is 6.00. The van der Waals surface area contributed by atoms with Crippen molar-refractivity contribution in [1.29, 1.82) is 0 Å². The number of esters is 1. The van der Waals surface area contributed by atoms with Crippen LogP contribution in [-0.2, 0) is 21.5 Å². The van der Waals surface area contributed by atoms with Gasteiger partial charge in [0.05, 0.1) is 13.0 Å². The van der Waals surface area contributed by atoms with Crippen molar-refractivity contribution in [3.63, 3.8) is 0 Å². The Balaban J connectivity index is 1.93. The van der Waals surface area contributed by atoms with Crippen molar-refractivity contribution in [2.45, 2.75) is 59.0 Å². The first-order chi connectivity index (χ1) is 16.6. The molecule has 0 aromatic carbocycles. The Hall–Kier alpha value is -3.07. The first-order valence-corrected chi connectivity index (χ1v) is 12.2. The Morgan fingerprint density at radius 3 is 2.66 bits per heavy atom. The number of nitrogens with zero attached hydrogens (tertiary/aromatic N) is 4. The highest BCUT2D eigenvalue weighted by molar-refractivity contribution is 5.98. The van der Waals surface area contributed by atoms with Crippen molar-refractivity contribution < 1.29 is 14.3 Å². The zero-order chi connectivity index (χ0) is 25.6. The Bertz CT molecular complexity index is 1010. The molecule has 2 N–H and O–H groups in total. The number of ether oxygens (including phenoxy) is 1. The maximum Gasteiger partial charge on any atom is 0.310 e. The number of aromatic nitrogens is 3. The first-order valence-electron chi connectivity index (χ1n) is 12.2. The molecule has 0 spiro atoms. The standard InChI is InChI=1S/C26H38N6O3/c1-17(2)16-32(20-10-19(13-28-14-20)24(34)35-6)23(33)21-15-30-25(26(3,4)5)31-22(21)29-12-18-8-7-9-27-11-18/h7-9,11,15,17,19-20,28H,10,12-14,16H2,1-6H3,(H,29,30,31)/t19-,20+/m0/s1. The molecule has 2 aromatic heterocycles. The lowest BCUT2D eigenvalue weighted by Gasteiger charge is -2.38. The Morgan fingerprint density at radius 1 is 1.26 bits per heavy atom. The van der Waals surface area contributed by atoms with E-state index in [-0.39, 0.29) is 35.2 Å². The number of methoxy groups -OCH3 is 1. The highest BCUT2D eigenvalue weighted by Crippen LogP contribution is 2.26. The van der Waals surface area contributed by atoms with Crippen LogP contribution in [-0.4, -0.2) is 64.5 Å². The van der Waals surface area contributed by atoms with Crippen molar-refractivity contribution in [2.75, 3.05) is 32.1 Å². The lowest BCUT2D eigenvalue weighted by atomic mass is 9.93. The Labute approximate surface area is 208 Å². The number of carbonyl (C=O) groups is 2.